The van der Waals surface area contributed by atoms with Gasteiger partial charge in [-0.05, 0) is 36.2 Å². The molecule has 2 nitrogen and oxygen atoms in total. The van der Waals surface area contributed by atoms with Crippen LogP contribution in [0.25, 0.3) is 0 Å². The standard InChI is InChI=1S/C17H21NO/c1-3-18-17(13-14-7-5-4-6-8-14)15-9-11-16(19-2)12-10-15/h4-12,17-18H,3,13H2,1-2H3/t17-/m0/s1. The third-order valence-corrected chi connectivity index (χ3v) is 3.25. The molecule has 2 aromatic carbocycles. The Morgan fingerprint density at radius 1 is 1.00 bits per heavy atom. The fraction of sp³-hybridized carbons (Fsp3) is 0.294. The summed E-state index contributed by atoms with van der Waals surface area (Å²) in [6, 6.07) is 19.2. The van der Waals surface area contributed by atoms with Crippen molar-refractivity contribution >= 4 is 0 Å². The Bertz CT molecular complexity index is 478. The maximum absolute atomic E-state index is 5.21. The summed E-state index contributed by atoms with van der Waals surface area (Å²) in [6.07, 6.45) is 1.00. The minimum atomic E-state index is 0.346. The fourth-order valence-corrected chi connectivity index (χ4v) is 2.24. The Labute approximate surface area is 115 Å². The van der Waals surface area contributed by atoms with Crippen LogP contribution in [0.1, 0.15) is 24.1 Å². The third kappa shape index (κ3) is 3.83. The van der Waals surface area contributed by atoms with Gasteiger partial charge in [-0.3, -0.25) is 0 Å². The maximum Gasteiger partial charge on any atom is 0.118 e. The normalized spacial score (nSPS) is 12.1. The summed E-state index contributed by atoms with van der Waals surface area (Å²) in [5.74, 6) is 0.902. The smallest absolute Gasteiger partial charge is 0.118 e. The van der Waals surface area contributed by atoms with Crippen LogP contribution in [-0.2, 0) is 6.42 Å². The molecule has 0 saturated heterocycles. The van der Waals surface area contributed by atoms with Crippen molar-refractivity contribution < 1.29 is 4.74 Å². The van der Waals surface area contributed by atoms with E-state index in [0.717, 1.165) is 18.7 Å². The first-order valence-electron chi connectivity index (χ1n) is 6.74. The molecule has 0 aromatic heterocycles. The molecule has 0 aliphatic carbocycles. The molecule has 2 aromatic rings. The van der Waals surface area contributed by atoms with Crippen LogP contribution in [-0.4, -0.2) is 13.7 Å². The predicted molar refractivity (Wildman–Crippen MR) is 79.6 cm³/mol. The Balaban J connectivity index is 2.14. The molecule has 0 bridgehead atoms. The number of likely N-dealkylation sites (N-methyl/N-ethyl adjacent to an activating group) is 1. The molecular formula is C17H21NO. The van der Waals surface area contributed by atoms with Crippen molar-refractivity contribution in [2.45, 2.75) is 19.4 Å². The van der Waals surface area contributed by atoms with Crippen molar-refractivity contribution in [3.05, 3.63) is 65.7 Å². The van der Waals surface area contributed by atoms with Crippen molar-refractivity contribution in [2.24, 2.45) is 0 Å². The van der Waals surface area contributed by atoms with Gasteiger partial charge in [-0.15, -0.1) is 0 Å². The van der Waals surface area contributed by atoms with E-state index in [-0.39, 0.29) is 0 Å². The Morgan fingerprint density at radius 2 is 1.68 bits per heavy atom. The number of ether oxygens (including phenoxy) is 1. The molecule has 1 atom stereocenters. The lowest BCUT2D eigenvalue weighted by atomic mass is 9.99. The molecule has 100 valence electrons. The van der Waals surface area contributed by atoms with Crippen LogP contribution in [0, 0.1) is 0 Å². The van der Waals surface area contributed by atoms with Crippen LogP contribution in [0.2, 0.25) is 0 Å². The van der Waals surface area contributed by atoms with E-state index in [9.17, 15) is 0 Å². The first kappa shape index (κ1) is 13.6. The summed E-state index contributed by atoms with van der Waals surface area (Å²) in [5, 5.41) is 3.54. The number of hydrogen-bond donors (Lipinski definition) is 1. The van der Waals surface area contributed by atoms with E-state index in [1.54, 1.807) is 7.11 Å². The summed E-state index contributed by atoms with van der Waals surface area (Å²) in [7, 11) is 1.70. The average Bonchev–Trinajstić information content (AvgIpc) is 2.48. The summed E-state index contributed by atoms with van der Waals surface area (Å²) in [6.45, 7) is 3.10. The lowest BCUT2D eigenvalue weighted by molar-refractivity contribution is 0.414. The van der Waals surface area contributed by atoms with Gasteiger partial charge in [0.15, 0.2) is 0 Å². The summed E-state index contributed by atoms with van der Waals surface area (Å²) in [4.78, 5) is 0. The van der Waals surface area contributed by atoms with Gasteiger partial charge in [-0.1, -0.05) is 49.4 Å². The van der Waals surface area contributed by atoms with Gasteiger partial charge in [-0.2, -0.15) is 0 Å². The molecule has 1 N–H and O–H groups in total. The van der Waals surface area contributed by atoms with Gasteiger partial charge in [0, 0.05) is 6.04 Å². The lowest BCUT2D eigenvalue weighted by Gasteiger charge is -2.19. The van der Waals surface area contributed by atoms with Gasteiger partial charge in [0.2, 0.25) is 0 Å². The SMILES string of the molecule is CCN[C@@H](Cc1ccccc1)c1ccc(OC)cc1. The number of benzene rings is 2. The van der Waals surface area contributed by atoms with E-state index < -0.39 is 0 Å². The second-order valence-electron chi connectivity index (χ2n) is 4.57. The molecular weight excluding hydrogens is 234 g/mol. The fourth-order valence-electron chi connectivity index (χ4n) is 2.24. The van der Waals surface area contributed by atoms with Crippen molar-refractivity contribution in [3.8, 4) is 5.75 Å². The van der Waals surface area contributed by atoms with Crippen LogP contribution in [0.5, 0.6) is 5.75 Å². The molecule has 0 radical (unpaired) electrons. The van der Waals surface area contributed by atoms with Gasteiger partial charge in [0.05, 0.1) is 7.11 Å². The number of nitrogens with one attached hydrogen (secondary N) is 1. The van der Waals surface area contributed by atoms with Gasteiger partial charge in [0.1, 0.15) is 5.75 Å². The van der Waals surface area contributed by atoms with Crippen LogP contribution >= 0.6 is 0 Å². The Hall–Kier alpha value is -1.80. The number of rotatable bonds is 6. The second-order valence-corrected chi connectivity index (χ2v) is 4.57. The van der Waals surface area contributed by atoms with Crippen LogP contribution < -0.4 is 10.1 Å². The minimum absolute atomic E-state index is 0.346. The van der Waals surface area contributed by atoms with Gasteiger partial charge in [-0.25, -0.2) is 0 Å². The van der Waals surface area contributed by atoms with Crippen LogP contribution in [0.15, 0.2) is 54.6 Å². The highest BCUT2D eigenvalue weighted by atomic mass is 16.5. The summed E-state index contributed by atoms with van der Waals surface area (Å²) >= 11 is 0. The minimum Gasteiger partial charge on any atom is -0.497 e. The molecule has 0 heterocycles. The van der Waals surface area contributed by atoms with Crippen molar-refractivity contribution in [3.63, 3.8) is 0 Å². The van der Waals surface area contributed by atoms with Gasteiger partial charge in [0.25, 0.3) is 0 Å². The highest BCUT2D eigenvalue weighted by Crippen LogP contribution is 2.21. The zero-order valence-electron chi connectivity index (χ0n) is 11.6. The molecule has 0 spiro atoms. The molecule has 0 fully saturated rings. The first-order valence-corrected chi connectivity index (χ1v) is 6.74. The van der Waals surface area contributed by atoms with Gasteiger partial charge < -0.3 is 10.1 Å². The zero-order chi connectivity index (χ0) is 13.5. The molecule has 0 saturated carbocycles. The first-order chi connectivity index (χ1) is 9.33. The summed E-state index contributed by atoms with van der Waals surface area (Å²) in [5.41, 5.74) is 2.65. The average molecular weight is 255 g/mol. The van der Waals surface area contributed by atoms with E-state index in [1.807, 2.05) is 12.1 Å². The monoisotopic (exact) mass is 255 g/mol. The van der Waals surface area contributed by atoms with Crippen molar-refractivity contribution in [1.82, 2.24) is 5.32 Å². The van der Waals surface area contributed by atoms with Crippen molar-refractivity contribution in [1.29, 1.82) is 0 Å². The molecule has 0 aliphatic heterocycles. The maximum atomic E-state index is 5.21. The zero-order valence-corrected chi connectivity index (χ0v) is 11.6. The second kappa shape index (κ2) is 6.95. The van der Waals surface area contributed by atoms with E-state index in [1.165, 1.54) is 11.1 Å². The van der Waals surface area contributed by atoms with E-state index in [0.29, 0.717) is 6.04 Å². The molecule has 2 rings (SSSR count). The molecule has 0 unspecified atom stereocenters. The lowest BCUT2D eigenvalue weighted by Crippen LogP contribution is -2.22. The predicted octanol–water partition coefficient (Wildman–Crippen LogP) is 3.59. The van der Waals surface area contributed by atoms with E-state index >= 15 is 0 Å². The largest absolute Gasteiger partial charge is 0.497 e. The molecule has 19 heavy (non-hydrogen) atoms. The number of hydrogen-bond acceptors (Lipinski definition) is 2. The molecule has 0 amide bonds. The number of methoxy groups -OCH3 is 1. The Kier molecular flexibility index (Phi) is 4.99. The summed E-state index contributed by atoms with van der Waals surface area (Å²) < 4.78 is 5.21. The third-order valence-electron chi connectivity index (χ3n) is 3.25. The quantitative estimate of drug-likeness (QED) is 0.851. The van der Waals surface area contributed by atoms with Crippen molar-refractivity contribution in [2.75, 3.05) is 13.7 Å². The molecule has 0 aliphatic rings. The van der Waals surface area contributed by atoms with E-state index in [2.05, 4.69) is 54.7 Å². The Morgan fingerprint density at radius 3 is 2.26 bits per heavy atom. The molecule has 2 heteroatoms. The highest BCUT2D eigenvalue weighted by molar-refractivity contribution is 5.30. The highest BCUT2D eigenvalue weighted by Gasteiger charge is 2.10. The van der Waals surface area contributed by atoms with Crippen LogP contribution in [0.3, 0.4) is 0 Å². The van der Waals surface area contributed by atoms with Gasteiger partial charge >= 0.3 is 0 Å². The van der Waals surface area contributed by atoms with Crippen LogP contribution in [0.4, 0.5) is 0 Å². The topological polar surface area (TPSA) is 21.3 Å². The van der Waals surface area contributed by atoms with E-state index in [4.69, 9.17) is 4.74 Å².